The lowest BCUT2D eigenvalue weighted by Gasteiger charge is -2.42. The summed E-state index contributed by atoms with van der Waals surface area (Å²) in [7, 11) is -2.89. The molecule has 4 aromatic carbocycles. The van der Waals surface area contributed by atoms with Gasteiger partial charge < -0.3 is 10.4 Å². The molecule has 0 spiro atoms. The van der Waals surface area contributed by atoms with Crippen LogP contribution in [-0.2, 0) is 11.2 Å². The van der Waals surface area contributed by atoms with Crippen LogP contribution in [0.4, 0.5) is 0 Å². The molecule has 36 heavy (non-hydrogen) atoms. The van der Waals surface area contributed by atoms with E-state index in [1.54, 1.807) is 6.92 Å². The Hall–Kier alpha value is -3.96. The van der Waals surface area contributed by atoms with E-state index in [4.69, 9.17) is 0 Å². The minimum Gasteiger partial charge on any atom is -0.481 e. The van der Waals surface area contributed by atoms with Crippen molar-refractivity contribution in [3.05, 3.63) is 132 Å². The Labute approximate surface area is 213 Å². The highest BCUT2D eigenvalue weighted by Gasteiger charge is 2.47. The number of carboxylic acid groups (broad SMARTS) is 1. The molecular formula is C31H31NO3Si. The molecule has 0 saturated carbocycles. The second-order valence-electron chi connectivity index (χ2n) is 9.23. The Balaban J connectivity index is 1.93. The Kier molecular flexibility index (Phi) is 8.13. The zero-order valence-electron chi connectivity index (χ0n) is 20.4. The summed E-state index contributed by atoms with van der Waals surface area (Å²) in [5, 5.41) is 15.6. The minimum atomic E-state index is -2.89. The third-order valence-electron chi connectivity index (χ3n) is 6.85. The van der Waals surface area contributed by atoms with Crippen molar-refractivity contribution in [3.63, 3.8) is 0 Å². The first-order valence-corrected chi connectivity index (χ1v) is 14.5. The lowest BCUT2D eigenvalue weighted by molar-refractivity contribution is -0.140. The summed E-state index contributed by atoms with van der Waals surface area (Å²) in [4.78, 5) is 25.8. The quantitative estimate of drug-likeness (QED) is 0.319. The van der Waals surface area contributed by atoms with Crippen LogP contribution >= 0.6 is 0 Å². The summed E-state index contributed by atoms with van der Waals surface area (Å²) in [6.07, 6.45) is 0.599. The van der Waals surface area contributed by atoms with Crippen molar-refractivity contribution in [2.24, 2.45) is 5.92 Å². The number of hydrogen-bond donors (Lipinski definition) is 2. The van der Waals surface area contributed by atoms with Gasteiger partial charge in [-0.1, -0.05) is 126 Å². The van der Waals surface area contributed by atoms with Crippen molar-refractivity contribution in [3.8, 4) is 0 Å². The van der Waals surface area contributed by atoms with Crippen molar-refractivity contribution < 1.29 is 14.7 Å². The van der Waals surface area contributed by atoms with E-state index >= 15 is 0 Å². The summed E-state index contributed by atoms with van der Waals surface area (Å²) in [6, 6.07) is 40.1. The van der Waals surface area contributed by atoms with Crippen LogP contribution in [0.25, 0.3) is 0 Å². The van der Waals surface area contributed by atoms with Crippen LogP contribution in [0.5, 0.6) is 0 Å². The number of hydrogen-bond acceptors (Lipinski definition) is 2. The number of carboxylic acids is 1. The largest absolute Gasteiger partial charge is 0.481 e. The van der Waals surface area contributed by atoms with E-state index in [2.05, 4.69) is 41.7 Å². The van der Waals surface area contributed by atoms with E-state index in [1.807, 2.05) is 84.9 Å². The van der Waals surface area contributed by atoms with E-state index in [-0.39, 0.29) is 11.6 Å². The SMILES string of the molecule is C[C@H](C[Si](c1ccccc1)(c1ccccc1)[C@@H](Cc1ccccc1)NC(=O)c1ccccc1)C(=O)O. The van der Waals surface area contributed by atoms with Crippen molar-refractivity contribution in [1.29, 1.82) is 0 Å². The van der Waals surface area contributed by atoms with Gasteiger partial charge in [-0.05, 0) is 30.2 Å². The molecule has 4 nitrogen and oxygen atoms in total. The number of aliphatic carboxylic acids is 1. The number of amides is 1. The van der Waals surface area contributed by atoms with E-state index in [0.29, 0.717) is 18.0 Å². The predicted molar refractivity (Wildman–Crippen MR) is 147 cm³/mol. The molecule has 4 aromatic rings. The smallest absolute Gasteiger partial charge is 0.305 e. The molecule has 2 atom stereocenters. The summed E-state index contributed by atoms with van der Waals surface area (Å²) in [6.45, 7) is 1.77. The monoisotopic (exact) mass is 493 g/mol. The Morgan fingerprint density at radius 3 is 1.64 bits per heavy atom. The molecule has 0 radical (unpaired) electrons. The fraction of sp³-hybridized carbons (Fsp3) is 0.161. The van der Waals surface area contributed by atoms with E-state index in [9.17, 15) is 14.7 Å². The van der Waals surface area contributed by atoms with Gasteiger partial charge in [0.1, 0.15) is 8.07 Å². The fourth-order valence-electron chi connectivity index (χ4n) is 5.02. The summed E-state index contributed by atoms with van der Waals surface area (Å²) >= 11 is 0. The van der Waals surface area contributed by atoms with Crippen molar-refractivity contribution >= 4 is 30.3 Å². The molecule has 0 heterocycles. The Morgan fingerprint density at radius 2 is 1.17 bits per heavy atom. The first kappa shape index (κ1) is 25.1. The van der Waals surface area contributed by atoms with Gasteiger partial charge in [-0.3, -0.25) is 9.59 Å². The zero-order valence-corrected chi connectivity index (χ0v) is 21.4. The number of nitrogens with one attached hydrogen (secondary N) is 1. The third kappa shape index (κ3) is 5.64. The van der Waals surface area contributed by atoms with Gasteiger partial charge in [0, 0.05) is 11.2 Å². The molecule has 0 saturated heterocycles. The molecule has 0 fully saturated rings. The molecule has 0 bridgehead atoms. The predicted octanol–water partition coefficient (Wildman–Crippen LogP) is 4.55. The van der Waals surface area contributed by atoms with Gasteiger partial charge >= 0.3 is 5.97 Å². The van der Waals surface area contributed by atoms with Crippen LogP contribution in [0.2, 0.25) is 6.04 Å². The average molecular weight is 494 g/mol. The molecule has 1 amide bonds. The maximum atomic E-state index is 13.6. The molecule has 4 rings (SSSR count). The molecular weight excluding hydrogens is 462 g/mol. The van der Waals surface area contributed by atoms with Crippen LogP contribution in [0.1, 0.15) is 22.8 Å². The van der Waals surface area contributed by atoms with Crippen LogP contribution in [0.3, 0.4) is 0 Å². The van der Waals surface area contributed by atoms with Crippen LogP contribution in [0.15, 0.2) is 121 Å². The van der Waals surface area contributed by atoms with Gasteiger partial charge in [-0.25, -0.2) is 0 Å². The normalized spacial score (nSPS) is 12.9. The fourth-order valence-corrected chi connectivity index (χ4v) is 10.6. The van der Waals surface area contributed by atoms with Gasteiger partial charge in [-0.15, -0.1) is 0 Å². The van der Waals surface area contributed by atoms with E-state index in [1.165, 1.54) is 0 Å². The highest BCUT2D eigenvalue weighted by atomic mass is 28.3. The molecule has 5 heteroatoms. The minimum absolute atomic E-state index is 0.150. The average Bonchev–Trinajstić information content (AvgIpc) is 2.93. The van der Waals surface area contributed by atoms with E-state index in [0.717, 1.165) is 15.9 Å². The lowest BCUT2D eigenvalue weighted by atomic mass is 10.1. The van der Waals surface area contributed by atoms with Crippen molar-refractivity contribution in [1.82, 2.24) is 5.32 Å². The summed E-state index contributed by atoms with van der Waals surface area (Å²) < 4.78 is 0. The number of rotatable bonds is 10. The Morgan fingerprint density at radius 1 is 0.722 bits per heavy atom. The molecule has 0 aromatic heterocycles. The topological polar surface area (TPSA) is 66.4 Å². The van der Waals surface area contributed by atoms with Crippen molar-refractivity contribution in [2.75, 3.05) is 0 Å². The van der Waals surface area contributed by atoms with Crippen LogP contribution in [0, 0.1) is 5.92 Å². The summed E-state index contributed by atoms with van der Waals surface area (Å²) in [5.74, 6) is -1.56. The van der Waals surface area contributed by atoms with Crippen LogP contribution < -0.4 is 15.7 Å². The molecule has 0 aliphatic carbocycles. The summed E-state index contributed by atoms with van der Waals surface area (Å²) in [5.41, 5.74) is 1.41. The highest BCUT2D eigenvalue weighted by molar-refractivity contribution is 7.03. The van der Waals surface area contributed by atoms with E-state index < -0.39 is 20.0 Å². The number of carbonyl (C=O) groups excluding carboxylic acids is 1. The van der Waals surface area contributed by atoms with Gasteiger partial charge in [0.05, 0.1) is 5.92 Å². The van der Waals surface area contributed by atoms with Crippen LogP contribution in [-0.4, -0.2) is 30.7 Å². The lowest BCUT2D eigenvalue weighted by Crippen LogP contribution is -2.72. The second kappa shape index (κ2) is 11.6. The molecule has 0 unspecified atom stereocenters. The first-order chi connectivity index (χ1) is 17.5. The second-order valence-corrected chi connectivity index (χ2v) is 13.4. The van der Waals surface area contributed by atoms with Gasteiger partial charge in [-0.2, -0.15) is 0 Å². The highest BCUT2D eigenvalue weighted by Crippen LogP contribution is 2.25. The zero-order chi connectivity index (χ0) is 25.4. The molecule has 0 aliphatic rings. The van der Waals surface area contributed by atoms with Gasteiger partial charge in [0.15, 0.2) is 0 Å². The maximum Gasteiger partial charge on any atom is 0.305 e. The van der Waals surface area contributed by atoms with Crippen molar-refractivity contribution in [2.45, 2.75) is 25.1 Å². The first-order valence-electron chi connectivity index (χ1n) is 12.2. The standard InChI is InChI=1S/C31H31NO3Si/c1-24(31(34)35)23-36(27-18-10-4-11-19-27,28-20-12-5-13-21-28)29(22-25-14-6-2-7-15-25)32-30(33)26-16-8-3-9-17-26/h2-21,24,29H,22-23H2,1H3,(H,32,33)(H,34,35)/t24-,29+/m1/s1. The molecule has 0 aliphatic heterocycles. The number of carbonyl (C=O) groups is 2. The third-order valence-corrected chi connectivity index (χ3v) is 12.4. The molecule has 2 N–H and O–H groups in total. The maximum absolute atomic E-state index is 13.6. The number of benzene rings is 4. The Bertz CT molecular complexity index is 1220. The van der Waals surface area contributed by atoms with Gasteiger partial charge in [0.25, 0.3) is 5.91 Å². The molecule has 182 valence electrons. The van der Waals surface area contributed by atoms with Gasteiger partial charge in [0.2, 0.25) is 0 Å².